The van der Waals surface area contributed by atoms with Crippen LogP contribution in [0.3, 0.4) is 0 Å². The van der Waals surface area contributed by atoms with Crippen molar-refractivity contribution in [1.29, 1.82) is 0 Å². The lowest BCUT2D eigenvalue weighted by atomic mass is 10.2. The van der Waals surface area contributed by atoms with Crippen LogP contribution in [0.5, 0.6) is 5.75 Å². The molecule has 0 N–H and O–H groups in total. The highest BCUT2D eigenvalue weighted by molar-refractivity contribution is 5.80. The lowest BCUT2D eigenvalue weighted by molar-refractivity contribution is 0.0206. The Labute approximate surface area is 106 Å². The Balaban J connectivity index is 2.15. The van der Waals surface area contributed by atoms with Gasteiger partial charge in [-0.2, -0.15) is 0 Å². The van der Waals surface area contributed by atoms with Gasteiger partial charge in [0.25, 0.3) is 0 Å². The lowest BCUT2D eigenvalue weighted by Gasteiger charge is -2.18. The van der Waals surface area contributed by atoms with Crippen LogP contribution >= 0.6 is 0 Å². The number of fused-ring (bicyclic) bond motifs is 1. The minimum absolute atomic E-state index is 0.426. The Morgan fingerprint density at radius 1 is 1.22 bits per heavy atom. The van der Waals surface area contributed by atoms with Crippen molar-refractivity contribution < 1.29 is 14.3 Å². The SMILES string of the molecule is CC(C)(C)OC(=O)Oc1ccc2cccnc2c1. The molecular weight excluding hydrogens is 230 g/mol. The molecule has 0 spiro atoms. The summed E-state index contributed by atoms with van der Waals surface area (Å²) in [6.07, 6.45) is 0.984. The predicted molar refractivity (Wildman–Crippen MR) is 68.6 cm³/mol. The largest absolute Gasteiger partial charge is 0.514 e. The molecular formula is C14H15NO3. The molecule has 0 amide bonds. The topological polar surface area (TPSA) is 48.4 Å². The normalized spacial score (nSPS) is 11.3. The Morgan fingerprint density at radius 2 is 2.00 bits per heavy atom. The van der Waals surface area contributed by atoms with E-state index in [-0.39, 0.29) is 0 Å². The fourth-order valence-corrected chi connectivity index (χ4v) is 1.48. The molecule has 0 atom stereocenters. The number of benzene rings is 1. The molecule has 0 saturated carbocycles. The zero-order valence-electron chi connectivity index (χ0n) is 10.6. The first kappa shape index (κ1) is 12.4. The van der Waals surface area contributed by atoms with Crippen LogP contribution in [0.25, 0.3) is 10.9 Å². The van der Waals surface area contributed by atoms with Crippen molar-refractivity contribution in [2.75, 3.05) is 0 Å². The van der Waals surface area contributed by atoms with Gasteiger partial charge in [-0.05, 0) is 39.0 Å². The van der Waals surface area contributed by atoms with Crippen molar-refractivity contribution in [1.82, 2.24) is 4.98 Å². The van der Waals surface area contributed by atoms with Crippen LogP contribution in [0.1, 0.15) is 20.8 Å². The number of nitrogens with zero attached hydrogens (tertiary/aromatic N) is 1. The predicted octanol–water partition coefficient (Wildman–Crippen LogP) is 3.55. The van der Waals surface area contributed by atoms with E-state index >= 15 is 0 Å². The van der Waals surface area contributed by atoms with Gasteiger partial charge in [0.05, 0.1) is 5.52 Å². The van der Waals surface area contributed by atoms with Gasteiger partial charge in [0.1, 0.15) is 11.4 Å². The van der Waals surface area contributed by atoms with Crippen LogP contribution < -0.4 is 4.74 Å². The molecule has 0 bridgehead atoms. The highest BCUT2D eigenvalue weighted by Gasteiger charge is 2.18. The van der Waals surface area contributed by atoms with Gasteiger partial charge in [0.2, 0.25) is 0 Å². The van der Waals surface area contributed by atoms with Crippen LogP contribution in [0.4, 0.5) is 4.79 Å². The number of hydrogen-bond donors (Lipinski definition) is 0. The fraction of sp³-hybridized carbons (Fsp3) is 0.286. The molecule has 1 aromatic heterocycles. The van der Waals surface area contributed by atoms with E-state index in [4.69, 9.17) is 9.47 Å². The average Bonchev–Trinajstić information content (AvgIpc) is 2.26. The summed E-state index contributed by atoms with van der Waals surface area (Å²) in [6.45, 7) is 5.36. The van der Waals surface area contributed by atoms with Crippen LogP contribution in [0, 0.1) is 0 Å². The van der Waals surface area contributed by atoms with E-state index in [1.165, 1.54) is 0 Å². The number of aromatic nitrogens is 1. The first-order valence-corrected chi connectivity index (χ1v) is 5.70. The molecule has 0 radical (unpaired) electrons. The number of ether oxygens (including phenoxy) is 2. The summed E-state index contributed by atoms with van der Waals surface area (Å²) in [6, 6.07) is 9.07. The number of rotatable bonds is 1. The smallest absolute Gasteiger partial charge is 0.428 e. The molecule has 2 aromatic rings. The summed E-state index contributed by atoms with van der Waals surface area (Å²) in [4.78, 5) is 15.7. The van der Waals surface area contributed by atoms with Gasteiger partial charge in [0.15, 0.2) is 0 Å². The zero-order chi connectivity index (χ0) is 13.2. The summed E-state index contributed by atoms with van der Waals surface area (Å²) in [5.41, 5.74) is 0.213. The molecule has 2 rings (SSSR count). The molecule has 0 saturated heterocycles. The second-order valence-corrected chi connectivity index (χ2v) is 4.92. The summed E-state index contributed by atoms with van der Waals surface area (Å²) < 4.78 is 10.2. The van der Waals surface area contributed by atoms with E-state index in [0.717, 1.165) is 10.9 Å². The van der Waals surface area contributed by atoms with Crippen molar-refractivity contribution in [3.63, 3.8) is 0 Å². The van der Waals surface area contributed by atoms with Crippen LogP contribution in [0.2, 0.25) is 0 Å². The van der Waals surface area contributed by atoms with E-state index in [1.54, 1.807) is 39.1 Å². The van der Waals surface area contributed by atoms with Crippen molar-refractivity contribution in [2.24, 2.45) is 0 Å². The summed E-state index contributed by atoms with van der Waals surface area (Å²) >= 11 is 0. The Kier molecular flexibility index (Phi) is 3.19. The van der Waals surface area contributed by atoms with Gasteiger partial charge in [-0.3, -0.25) is 4.98 Å². The van der Waals surface area contributed by atoms with E-state index < -0.39 is 11.8 Å². The Morgan fingerprint density at radius 3 is 2.72 bits per heavy atom. The first-order chi connectivity index (χ1) is 8.44. The van der Waals surface area contributed by atoms with Crippen molar-refractivity contribution in [3.8, 4) is 5.75 Å². The van der Waals surface area contributed by atoms with Gasteiger partial charge in [-0.25, -0.2) is 4.79 Å². The number of carbonyl (C=O) groups is 1. The van der Waals surface area contributed by atoms with Gasteiger partial charge >= 0.3 is 6.16 Å². The maximum atomic E-state index is 11.5. The van der Waals surface area contributed by atoms with Crippen LogP contribution in [-0.2, 0) is 4.74 Å². The third-order valence-corrected chi connectivity index (χ3v) is 2.17. The molecule has 18 heavy (non-hydrogen) atoms. The van der Waals surface area contributed by atoms with Gasteiger partial charge in [-0.15, -0.1) is 0 Å². The van der Waals surface area contributed by atoms with Gasteiger partial charge in [0, 0.05) is 17.6 Å². The van der Waals surface area contributed by atoms with Crippen LogP contribution in [-0.4, -0.2) is 16.7 Å². The van der Waals surface area contributed by atoms with Crippen molar-refractivity contribution in [3.05, 3.63) is 36.5 Å². The molecule has 4 heteroatoms. The summed E-state index contributed by atoms with van der Waals surface area (Å²) in [5, 5.41) is 0.994. The van der Waals surface area contributed by atoms with E-state index in [0.29, 0.717) is 5.75 Å². The quantitative estimate of drug-likeness (QED) is 0.569. The van der Waals surface area contributed by atoms with Gasteiger partial charge in [-0.1, -0.05) is 6.07 Å². The maximum absolute atomic E-state index is 11.5. The highest BCUT2D eigenvalue weighted by Crippen LogP contribution is 2.20. The molecule has 0 aliphatic carbocycles. The molecule has 4 nitrogen and oxygen atoms in total. The molecule has 94 valence electrons. The maximum Gasteiger partial charge on any atom is 0.514 e. The second kappa shape index (κ2) is 4.64. The van der Waals surface area contributed by atoms with E-state index in [9.17, 15) is 4.79 Å². The minimum Gasteiger partial charge on any atom is -0.428 e. The van der Waals surface area contributed by atoms with Crippen LogP contribution in [0.15, 0.2) is 36.5 Å². The Hall–Kier alpha value is -2.10. The lowest BCUT2D eigenvalue weighted by Crippen LogP contribution is -2.25. The van der Waals surface area contributed by atoms with Crippen molar-refractivity contribution >= 4 is 17.1 Å². The molecule has 0 aliphatic rings. The monoisotopic (exact) mass is 245 g/mol. The minimum atomic E-state index is -0.710. The number of carbonyl (C=O) groups excluding carboxylic acids is 1. The number of pyridine rings is 1. The first-order valence-electron chi connectivity index (χ1n) is 5.70. The fourth-order valence-electron chi connectivity index (χ4n) is 1.48. The molecule has 0 fully saturated rings. The zero-order valence-corrected chi connectivity index (χ0v) is 10.6. The average molecular weight is 245 g/mol. The third-order valence-electron chi connectivity index (χ3n) is 2.17. The number of hydrogen-bond acceptors (Lipinski definition) is 4. The highest BCUT2D eigenvalue weighted by atomic mass is 16.7. The van der Waals surface area contributed by atoms with E-state index in [1.807, 2.05) is 18.2 Å². The Bertz CT molecular complexity index is 573. The standard InChI is InChI=1S/C14H15NO3/c1-14(2,3)18-13(16)17-11-7-6-10-5-4-8-15-12(10)9-11/h4-9H,1-3H3. The van der Waals surface area contributed by atoms with Gasteiger partial charge < -0.3 is 9.47 Å². The third kappa shape index (κ3) is 3.20. The summed E-state index contributed by atoms with van der Waals surface area (Å²) in [7, 11) is 0. The van der Waals surface area contributed by atoms with Crippen molar-refractivity contribution in [2.45, 2.75) is 26.4 Å². The second-order valence-electron chi connectivity index (χ2n) is 4.92. The molecule has 0 aliphatic heterocycles. The molecule has 0 unspecified atom stereocenters. The molecule has 1 aromatic carbocycles. The molecule has 1 heterocycles. The van der Waals surface area contributed by atoms with E-state index in [2.05, 4.69) is 4.98 Å². The summed E-state index contributed by atoms with van der Waals surface area (Å²) in [5.74, 6) is 0.426.